The van der Waals surface area contributed by atoms with Gasteiger partial charge in [-0.3, -0.25) is 15.2 Å². The fourth-order valence-electron chi connectivity index (χ4n) is 2.51. The third-order valence-electron chi connectivity index (χ3n) is 3.65. The highest BCUT2D eigenvalue weighted by molar-refractivity contribution is 5.38. The first-order valence-corrected chi connectivity index (χ1v) is 7.26. The molecule has 114 valence electrons. The normalized spacial score (nSPS) is 11.1. The van der Waals surface area contributed by atoms with Crippen molar-refractivity contribution in [3.8, 4) is 0 Å². The lowest BCUT2D eigenvalue weighted by Gasteiger charge is -2.01. The summed E-state index contributed by atoms with van der Waals surface area (Å²) in [5.74, 6) is 0.937. The molecule has 7 heteroatoms. The Kier molecular flexibility index (Phi) is 3.86. The number of non-ortho nitro benzene ring substituents is 1. The summed E-state index contributed by atoms with van der Waals surface area (Å²) >= 11 is 0. The molecule has 3 rings (SSSR count). The largest absolute Gasteiger partial charge is 0.295 e. The molecule has 0 atom stereocenters. The van der Waals surface area contributed by atoms with Crippen molar-refractivity contribution < 1.29 is 4.92 Å². The molecule has 0 aliphatic rings. The molecular weight excluding hydrogens is 282 g/mol. The van der Waals surface area contributed by atoms with Gasteiger partial charge in [0.2, 0.25) is 0 Å². The molecule has 0 bridgehead atoms. The van der Waals surface area contributed by atoms with Gasteiger partial charge in [0.1, 0.15) is 0 Å². The predicted molar refractivity (Wildman–Crippen MR) is 81.8 cm³/mol. The maximum absolute atomic E-state index is 10.6. The minimum atomic E-state index is -0.376. The van der Waals surface area contributed by atoms with Crippen LogP contribution in [0.4, 0.5) is 5.69 Å². The maximum Gasteiger partial charge on any atom is 0.269 e. The number of H-pyrrole nitrogens is 1. The van der Waals surface area contributed by atoms with Gasteiger partial charge in [-0.2, -0.15) is 0 Å². The molecule has 0 aliphatic heterocycles. The Hall–Kier alpha value is -2.70. The molecule has 0 spiro atoms. The highest BCUT2D eigenvalue weighted by Crippen LogP contribution is 2.14. The fourth-order valence-corrected chi connectivity index (χ4v) is 2.51. The lowest BCUT2D eigenvalue weighted by atomic mass is 10.1. The van der Waals surface area contributed by atoms with Crippen LogP contribution in [0, 0.1) is 17.0 Å². The minimum Gasteiger partial charge on any atom is -0.295 e. The van der Waals surface area contributed by atoms with E-state index in [0.717, 1.165) is 48.4 Å². The standard InChI is InChI=1S/C15H17N5O2/c1-11-10-15-17-16-14(19(15)18-11)5-3-2-4-12-6-8-13(9-7-12)20(21)22/h6-10,18H,2-5H2,1H3. The Morgan fingerprint density at radius 3 is 2.64 bits per heavy atom. The highest BCUT2D eigenvalue weighted by Gasteiger charge is 2.07. The van der Waals surface area contributed by atoms with Crippen molar-refractivity contribution in [3.63, 3.8) is 0 Å². The van der Waals surface area contributed by atoms with E-state index in [1.54, 1.807) is 12.1 Å². The third-order valence-corrected chi connectivity index (χ3v) is 3.65. The molecule has 2 aromatic heterocycles. The van der Waals surface area contributed by atoms with Gasteiger partial charge in [0.25, 0.3) is 5.69 Å². The molecule has 3 aromatic rings. The molecule has 22 heavy (non-hydrogen) atoms. The van der Waals surface area contributed by atoms with Crippen LogP contribution in [-0.4, -0.2) is 24.7 Å². The zero-order valence-corrected chi connectivity index (χ0v) is 12.3. The predicted octanol–water partition coefficient (Wildman–Crippen LogP) is 2.84. The number of aryl methyl sites for hydroxylation is 3. The van der Waals surface area contributed by atoms with Crippen molar-refractivity contribution in [2.24, 2.45) is 0 Å². The summed E-state index contributed by atoms with van der Waals surface area (Å²) in [4.78, 5) is 10.2. The fraction of sp³-hybridized carbons (Fsp3) is 0.333. The number of nitro benzene ring substituents is 1. The molecule has 2 heterocycles. The van der Waals surface area contributed by atoms with Crippen molar-refractivity contribution >= 4 is 11.3 Å². The van der Waals surface area contributed by atoms with Crippen LogP contribution in [0.25, 0.3) is 5.65 Å². The van der Waals surface area contributed by atoms with Gasteiger partial charge in [-0.1, -0.05) is 12.1 Å². The first-order chi connectivity index (χ1) is 10.6. The Morgan fingerprint density at radius 2 is 1.91 bits per heavy atom. The number of unbranched alkanes of at least 4 members (excludes halogenated alkanes) is 1. The maximum atomic E-state index is 10.6. The second-order valence-corrected chi connectivity index (χ2v) is 5.38. The summed E-state index contributed by atoms with van der Waals surface area (Å²) in [6.45, 7) is 1.99. The Balaban J connectivity index is 1.52. The molecule has 0 aliphatic carbocycles. The average molecular weight is 299 g/mol. The van der Waals surface area contributed by atoms with Gasteiger partial charge in [-0.25, -0.2) is 4.52 Å². The van der Waals surface area contributed by atoms with Gasteiger partial charge < -0.3 is 0 Å². The summed E-state index contributed by atoms with van der Waals surface area (Å²) in [6.07, 6.45) is 3.76. The molecule has 0 saturated heterocycles. The van der Waals surface area contributed by atoms with Gasteiger partial charge in [-0.15, -0.1) is 10.2 Å². The molecule has 7 nitrogen and oxygen atoms in total. The summed E-state index contributed by atoms with van der Waals surface area (Å²) in [5.41, 5.74) is 3.17. The number of nitrogens with zero attached hydrogens (tertiary/aromatic N) is 4. The molecule has 0 radical (unpaired) electrons. The lowest BCUT2D eigenvalue weighted by molar-refractivity contribution is -0.384. The molecule has 0 unspecified atom stereocenters. The number of aromatic amines is 1. The van der Waals surface area contributed by atoms with Gasteiger partial charge in [0, 0.05) is 30.3 Å². The van der Waals surface area contributed by atoms with Crippen LogP contribution in [-0.2, 0) is 12.8 Å². The van der Waals surface area contributed by atoms with Crippen molar-refractivity contribution in [3.05, 3.63) is 57.5 Å². The first-order valence-electron chi connectivity index (χ1n) is 7.26. The van der Waals surface area contributed by atoms with Crippen molar-refractivity contribution in [1.82, 2.24) is 19.8 Å². The smallest absolute Gasteiger partial charge is 0.269 e. The number of hydrogen-bond acceptors (Lipinski definition) is 4. The van der Waals surface area contributed by atoms with Crippen LogP contribution in [0.2, 0.25) is 0 Å². The van der Waals surface area contributed by atoms with Crippen LogP contribution in [0.5, 0.6) is 0 Å². The monoisotopic (exact) mass is 299 g/mol. The Morgan fingerprint density at radius 1 is 1.18 bits per heavy atom. The van der Waals surface area contributed by atoms with Gasteiger partial charge in [0.05, 0.1) is 4.92 Å². The van der Waals surface area contributed by atoms with E-state index in [4.69, 9.17) is 0 Å². The third kappa shape index (κ3) is 2.98. The zero-order chi connectivity index (χ0) is 15.5. The second-order valence-electron chi connectivity index (χ2n) is 5.38. The van der Waals surface area contributed by atoms with E-state index in [0.29, 0.717) is 0 Å². The average Bonchev–Trinajstić information content (AvgIpc) is 3.04. The minimum absolute atomic E-state index is 0.136. The van der Waals surface area contributed by atoms with Gasteiger partial charge in [0.15, 0.2) is 11.5 Å². The van der Waals surface area contributed by atoms with E-state index >= 15 is 0 Å². The number of aromatic nitrogens is 4. The van der Waals surface area contributed by atoms with Crippen molar-refractivity contribution in [1.29, 1.82) is 0 Å². The summed E-state index contributed by atoms with van der Waals surface area (Å²) < 4.78 is 1.92. The molecule has 1 N–H and O–H groups in total. The van der Waals surface area contributed by atoms with Gasteiger partial charge in [-0.05, 0) is 31.7 Å². The number of nitrogens with one attached hydrogen (secondary N) is 1. The number of rotatable bonds is 6. The first kappa shape index (κ1) is 14.2. The summed E-state index contributed by atoms with van der Waals surface area (Å²) in [6, 6.07) is 8.72. The van der Waals surface area contributed by atoms with E-state index in [-0.39, 0.29) is 10.6 Å². The number of benzene rings is 1. The van der Waals surface area contributed by atoms with E-state index in [2.05, 4.69) is 15.3 Å². The highest BCUT2D eigenvalue weighted by atomic mass is 16.6. The van der Waals surface area contributed by atoms with E-state index < -0.39 is 0 Å². The van der Waals surface area contributed by atoms with Crippen LogP contribution in [0.1, 0.15) is 29.9 Å². The van der Waals surface area contributed by atoms with E-state index in [1.165, 1.54) is 0 Å². The number of hydrogen-bond donors (Lipinski definition) is 1. The second kappa shape index (κ2) is 5.97. The molecule has 0 saturated carbocycles. The molecule has 0 amide bonds. The SMILES string of the molecule is Cc1cc2nnc(CCCCc3ccc([N+](=O)[O-])cc3)n2[nH]1. The summed E-state index contributed by atoms with van der Waals surface area (Å²) in [5, 5.41) is 22.1. The zero-order valence-electron chi connectivity index (χ0n) is 12.3. The molecule has 1 aromatic carbocycles. The Bertz CT molecular complexity index is 788. The van der Waals surface area contributed by atoms with Crippen LogP contribution in [0.3, 0.4) is 0 Å². The van der Waals surface area contributed by atoms with Crippen LogP contribution >= 0.6 is 0 Å². The Labute approximate surface area is 127 Å². The van der Waals surface area contributed by atoms with Crippen molar-refractivity contribution in [2.75, 3.05) is 0 Å². The van der Waals surface area contributed by atoms with Crippen LogP contribution < -0.4 is 0 Å². The van der Waals surface area contributed by atoms with Gasteiger partial charge >= 0.3 is 0 Å². The summed E-state index contributed by atoms with van der Waals surface area (Å²) in [7, 11) is 0. The van der Waals surface area contributed by atoms with Crippen LogP contribution in [0.15, 0.2) is 30.3 Å². The quantitative estimate of drug-likeness (QED) is 0.430. The molecule has 0 fully saturated rings. The topological polar surface area (TPSA) is 89.1 Å². The number of nitro groups is 1. The van der Waals surface area contributed by atoms with E-state index in [1.807, 2.05) is 29.6 Å². The van der Waals surface area contributed by atoms with E-state index in [9.17, 15) is 10.1 Å². The lowest BCUT2D eigenvalue weighted by Crippen LogP contribution is -1.97. The molecular formula is C15H17N5O2. The number of fused-ring (bicyclic) bond motifs is 1. The van der Waals surface area contributed by atoms with Crippen molar-refractivity contribution in [2.45, 2.75) is 32.6 Å².